The first-order valence-electron chi connectivity index (χ1n) is 11.9. The Hall–Kier alpha value is -1.90. The van der Waals surface area contributed by atoms with E-state index in [4.69, 9.17) is 11.6 Å². The highest BCUT2D eigenvalue weighted by Gasteiger charge is 2.30. The Morgan fingerprint density at radius 3 is 2.00 bits per heavy atom. The van der Waals surface area contributed by atoms with Crippen LogP contribution in [0.1, 0.15) is 69.7 Å². The van der Waals surface area contributed by atoms with E-state index in [0.29, 0.717) is 10.6 Å². The molecule has 0 unspecified atom stereocenters. The van der Waals surface area contributed by atoms with Crippen LogP contribution in [0.25, 0.3) is 11.0 Å². The van der Waals surface area contributed by atoms with E-state index >= 15 is 0 Å². The zero-order valence-corrected chi connectivity index (χ0v) is 21.2. The van der Waals surface area contributed by atoms with Crippen molar-refractivity contribution in [2.75, 3.05) is 18.5 Å². The molecule has 1 heterocycles. The molecule has 0 aliphatic carbocycles. The Labute approximate surface area is 197 Å². The summed E-state index contributed by atoms with van der Waals surface area (Å²) in [7, 11) is 0. The molecule has 0 aliphatic heterocycles. The highest BCUT2D eigenvalue weighted by atomic mass is 35.5. The van der Waals surface area contributed by atoms with Crippen molar-refractivity contribution < 1.29 is 4.79 Å². The van der Waals surface area contributed by atoms with Gasteiger partial charge in [0.2, 0.25) is 5.78 Å². The Kier molecular flexibility index (Phi) is 9.13. The Balaban J connectivity index is 2.34. The smallest absolute Gasteiger partial charge is 0.211 e. The first kappa shape index (κ1) is 24.7. The molecule has 0 atom stereocenters. The molecular weight excluding hydrogens is 437 g/mol. The van der Waals surface area contributed by atoms with Crippen LogP contribution in [0.5, 0.6) is 0 Å². The third kappa shape index (κ3) is 5.53. The monoisotopic (exact) mass is 471 g/mol. The van der Waals surface area contributed by atoms with Crippen LogP contribution < -0.4 is 0 Å². The minimum Gasteiger partial charge on any atom is -0.287 e. The van der Waals surface area contributed by atoms with E-state index in [1.165, 1.54) is 0 Å². The quantitative estimate of drug-likeness (QED) is 0.205. The predicted octanol–water partition coefficient (Wildman–Crippen LogP) is 7.36. The van der Waals surface area contributed by atoms with Crippen molar-refractivity contribution in [3.05, 3.63) is 59.1 Å². The highest BCUT2D eigenvalue weighted by Crippen LogP contribution is 2.52. The average Bonchev–Trinajstić information content (AvgIpc) is 3.24. The number of nitrogens with zero attached hydrogens (tertiary/aromatic N) is 3. The number of hydrogen-bond donors (Lipinski definition) is 0. The zero-order chi connectivity index (χ0) is 23.0. The lowest BCUT2D eigenvalue weighted by atomic mass is 10.1. The van der Waals surface area contributed by atoms with Crippen molar-refractivity contribution in [3.63, 3.8) is 0 Å². The molecule has 0 fully saturated rings. The number of hydrogen-bond acceptors (Lipinski definition) is 3. The van der Waals surface area contributed by atoms with Gasteiger partial charge >= 0.3 is 0 Å². The van der Waals surface area contributed by atoms with E-state index in [0.717, 1.165) is 73.5 Å². The van der Waals surface area contributed by atoms with E-state index in [-0.39, 0.29) is 5.78 Å². The summed E-state index contributed by atoms with van der Waals surface area (Å²) in [6, 6.07) is 15.3. The van der Waals surface area contributed by atoms with Gasteiger partial charge in [-0.1, -0.05) is 75.9 Å². The van der Waals surface area contributed by atoms with Crippen molar-refractivity contribution in [2.24, 2.45) is 0 Å². The minimum absolute atomic E-state index is 0.0777. The summed E-state index contributed by atoms with van der Waals surface area (Å²) < 4.78 is 1.89. The van der Waals surface area contributed by atoms with Gasteiger partial charge in [0.15, 0.2) is 0 Å². The minimum atomic E-state index is -1.79. The van der Waals surface area contributed by atoms with Crippen LogP contribution in [-0.4, -0.2) is 44.7 Å². The summed E-state index contributed by atoms with van der Waals surface area (Å²) >= 11 is 6.13. The molecule has 2 aromatic carbocycles. The van der Waals surface area contributed by atoms with Crippen LogP contribution in [0, 0.1) is 0 Å². The maximum atomic E-state index is 14.2. The molecule has 6 heteroatoms. The van der Waals surface area contributed by atoms with E-state index in [9.17, 15) is 4.79 Å². The van der Waals surface area contributed by atoms with Gasteiger partial charge < -0.3 is 0 Å². The number of carbonyl (C=O) groups is 1. The number of carbonyl (C=O) groups excluding carboxylic acids is 1. The molecule has 0 bridgehead atoms. The molecule has 3 rings (SSSR count). The fourth-order valence-electron chi connectivity index (χ4n) is 4.30. The SMILES string of the molecule is CCCCP(CCCC)(CCCC)=C(C(=O)c1ccc(Cl)cc1)n1nnc2ccccc21. The van der Waals surface area contributed by atoms with E-state index < -0.39 is 6.89 Å². The molecule has 172 valence electrons. The molecule has 0 aliphatic rings. The first-order chi connectivity index (χ1) is 15.6. The summed E-state index contributed by atoms with van der Waals surface area (Å²) in [4.78, 5) is 14.2. The van der Waals surface area contributed by atoms with Crippen molar-refractivity contribution in [3.8, 4) is 0 Å². The molecule has 0 saturated carbocycles. The number of Topliss-reactive ketones (excluding diaryl/α,β-unsaturated/α-hetero) is 1. The average molecular weight is 472 g/mol. The Morgan fingerprint density at radius 1 is 0.875 bits per heavy atom. The van der Waals surface area contributed by atoms with Gasteiger partial charge in [-0.05, 0) is 74.1 Å². The highest BCUT2D eigenvalue weighted by molar-refractivity contribution is 7.77. The number of halogens is 1. The normalized spacial score (nSPS) is 11.8. The predicted molar refractivity (Wildman–Crippen MR) is 140 cm³/mol. The number of fused-ring (bicyclic) bond motifs is 1. The number of rotatable bonds is 12. The fourth-order valence-corrected chi connectivity index (χ4v) is 9.61. The molecule has 0 spiro atoms. The number of ketones is 1. The van der Waals surface area contributed by atoms with Crippen LogP contribution in [-0.2, 0) is 0 Å². The molecule has 3 aromatic rings. The van der Waals surface area contributed by atoms with Gasteiger partial charge in [0.05, 0.1) is 5.52 Å². The zero-order valence-electron chi connectivity index (χ0n) is 19.6. The third-order valence-electron chi connectivity index (χ3n) is 6.13. The van der Waals surface area contributed by atoms with Crippen LogP contribution in [0.2, 0.25) is 5.02 Å². The van der Waals surface area contributed by atoms with Gasteiger partial charge in [-0.3, -0.25) is 4.79 Å². The second-order valence-electron chi connectivity index (χ2n) is 8.53. The lowest BCUT2D eigenvalue weighted by molar-refractivity contribution is 0.106. The third-order valence-corrected chi connectivity index (χ3v) is 11.2. The maximum absolute atomic E-state index is 14.2. The standard InChI is InChI=1S/C26H35ClN3OP/c1-4-7-18-32(19-8-5-2,20-9-6-3)26(25(31)21-14-16-22(27)17-15-21)30-24-13-11-10-12-23(24)28-29-30/h10-17H,4-9,18-20H2,1-3H3. The molecule has 0 N–H and O–H groups in total. The Bertz CT molecular complexity index is 1060. The van der Waals surface area contributed by atoms with Gasteiger partial charge in [-0.15, -0.1) is 5.10 Å². The van der Waals surface area contributed by atoms with Crippen LogP contribution in [0.15, 0.2) is 48.5 Å². The van der Waals surface area contributed by atoms with Gasteiger partial charge in [0, 0.05) is 10.6 Å². The van der Waals surface area contributed by atoms with Gasteiger partial charge in [0.25, 0.3) is 0 Å². The van der Waals surface area contributed by atoms with E-state index in [2.05, 4.69) is 31.1 Å². The van der Waals surface area contributed by atoms with Crippen LogP contribution in [0.4, 0.5) is 0 Å². The molecule has 1 aromatic heterocycles. The lowest BCUT2D eigenvalue weighted by Crippen LogP contribution is -2.29. The van der Waals surface area contributed by atoms with E-state index in [1.54, 1.807) is 12.1 Å². The van der Waals surface area contributed by atoms with Crippen molar-refractivity contribution >= 4 is 40.7 Å². The van der Waals surface area contributed by atoms with Crippen molar-refractivity contribution in [2.45, 2.75) is 59.3 Å². The summed E-state index contributed by atoms with van der Waals surface area (Å²) in [5.74, 6) is 0.0777. The molecule has 4 nitrogen and oxygen atoms in total. The van der Waals surface area contributed by atoms with Crippen LogP contribution in [0.3, 0.4) is 0 Å². The Morgan fingerprint density at radius 2 is 1.44 bits per heavy atom. The number of para-hydroxylation sites is 1. The lowest BCUT2D eigenvalue weighted by Gasteiger charge is -2.31. The topological polar surface area (TPSA) is 47.8 Å². The second-order valence-corrected chi connectivity index (χ2v) is 13.0. The number of aromatic nitrogens is 3. The first-order valence-corrected chi connectivity index (χ1v) is 14.6. The van der Waals surface area contributed by atoms with Gasteiger partial charge in [0.1, 0.15) is 10.9 Å². The van der Waals surface area contributed by atoms with Crippen molar-refractivity contribution in [1.29, 1.82) is 0 Å². The van der Waals surface area contributed by atoms with Gasteiger partial charge in [-0.2, -0.15) is 0 Å². The molecular formula is C26H35ClN3OP. The summed E-state index contributed by atoms with van der Waals surface area (Å²) in [5.41, 5.74) is 3.30. The summed E-state index contributed by atoms with van der Waals surface area (Å²) in [6.45, 7) is 4.92. The molecule has 0 saturated heterocycles. The maximum Gasteiger partial charge on any atom is 0.211 e. The number of unbranched alkanes of at least 4 members (excludes halogenated alkanes) is 3. The number of benzene rings is 2. The van der Waals surface area contributed by atoms with Crippen LogP contribution >= 0.6 is 18.5 Å². The summed E-state index contributed by atoms with van der Waals surface area (Å²) in [5, 5.41) is 9.62. The largest absolute Gasteiger partial charge is 0.287 e. The molecule has 0 radical (unpaired) electrons. The van der Waals surface area contributed by atoms with Crippen molar-refractivity contribution in [1.82, 2.24) is 15.0 Å². The second kappa shape index (κ2) is 11.8. The molecule has 32 heavy (non-hydrogen) atoms. The van der Waals surface area contributed by atoms with Gasteiger partial charge in [-0.25, -0.2) is 4.68 Å². The van der Waals surface area contributed by atoms with E-state index in [1.807, 2.05) is 41.1 Å². The summed E-state index contributed by atoms with van der Waals surface area (Å²) in [6.07, 6.45) is 10.0. The molecule has 0 amide bonds. The fraction of sp³-hybridized carbons (Fsp3) is 0.462.